The molecule has 1 aliphatic carbocycles. The molecule has 0 saturated heterocycles. The van der Waals surface area contributed by atoms with E-state index in [0.29, 0.717) is 11.5 Å². The first-order chi connectivity index (χ1) is 11.0. The maximum atomic E-state index is 13.7. The van der Waals surface area contributed by atoms with E-state index in [1.54, 1.807) is 12.1 Å². The standard InChI is InChI=1S/C17H25FN2O3/c1-11(13-5-8-16(23-2)15(18)9-13)19-17(22)20-14-6-3-12(10-21)4-7-14/h5,8-9,11-12,14,21H,3-4,6-7,10H2,1-2H3,(H2,19,20,22). The summed E-state index contributed by atoms with van der Waals surface area (Å²) in [4.78, 5) is 12.1. The average Bonchev–Trinajstić information content (AvgIpc) is 2.55. The number of hydrogen-bond donors (Lipinski definition) is 3. The number of carbonyl (C=O) groups is 1. The van der Waals surface area contributed by atoms with E-state index in [4.69, 9.17) is 9.84 Å². The first kappa shape index (κ1) is 17.5. The van der Waals surface area contributed by atoms with Crippen molar-refractivity contribution in [2.75, 3.05) is 13.7 Å². The predicted octanol–water partition coefficient (Wildman–Crippen LogP) is 2.75. The predicted molar refractivity (Wildman–Crippen MR) is 85.9 cm³/mol. The molecule has 128 valence electrons. The Morgan fingerprint density at radius 3 is 2.65 bits per heavy atom. The highest BCUT2D eigenvalue weighted by Crippen LogP contribution is 2.24. The lowest BCUT2D eigenvalue weighted by atomic mass is 9.87. The number of urea groups is 1. The third-order valence-corrected chi connectivity index (χ3v) is 4.46. The Morgan fingerprint density at radius 2 is 2.09 bits per heavy atom. The molecule has 1 unspecified atom stereocenters. The van der Waals surface area contributed by atoms with Gasteiger partial charge in [-0.25, -0.2) is 9.18 Å². The average molecular weight is 324 g/mol. The lowest BCUT2D eigenvalue weighted by Crippen LogP contribution is -2.44. The minimum atomic E-state index is -0.443. The van der Waals surface area contributed by atoms with Crippen LogP contribution in [0.4, 0.5) is 9.18 Å². The van der Waals surface area contributed by atoms with Crippen molar-refractivity contribution in [1.82, 2.24) is 10.6 Å². The summed E-state index contributed by atoms with van der Waals surface area (Å²) in [6, 6.07) is 4.25. The fraction of sp³-hybridized carbons (Fsp3) is 0.588. The largest absolute Gasteiger partial charge is 0.494 e. The molecule has 1 aromatic rings. The third kappa shape index (κ3) is 4.82. The van der Waals surface area contributed by atoms with Crippen molar-refractivity contribution in [2.24, 2.45) is 5.92 Å². The second-order valence-corrected chi connectivity index (χ2v) is 6.13. The van der Waals surface area contributed by atoms with Crippen molar-refractivity contribution >= 4 is 6.03 Å². The summed E-state index contributed by atoms with van der Waals surface area (Å²) in [6.45, 7) is 2.03. The number of ether oxygens (including phenoxy) is 1. The minimum absolute atomic E-state index is 0.137. The van der Waals surface area contributed by atoms with Gasteiger partial charge in [0, 0.05) is 12.6 Å². The van der Waals surface area contributed by atoms with Gasteiger partial charge in [0.15, 0.2) is 11.6 Å². The van der Waals surface area contributed by atoms with E-state index < -0.39 is 5.82 Å². The zero-order valence-corrected chi connectivity index (χ0v) is 13.6. The lowest BCUT2D eigenvalue weighted by molar-refractivity contribution is 0.174. The molecular formula is C17H25FN2O3. The van der Waals surface area contributed by atoms with Crippen molar-refractivity contribution < 1.29 is 19.0 Å². The van der Waals surface area contributed by atoms with E-state index in [-0.39, 0.29) is 30.5 Å². The van der Waals surface area contributed by atoms with Crippen LogP contribution in [-0.2, 0) is 0 Å². The SMILES string of the molecule is COc1ccc(C(C)NC(=O)NC2CCC(CO)CC2)cc1F. The Kier molecular flexibility index (Phi) is 6.21. The fourth-order valence-corrected chi connectivity index (χ4v) is 2.95. The molecule has 2 rings (SSSR count). The molecule has 2 amide bonds. The number of rotatable bonds is 5. The first-order valence-corrected chi connectivity index (χ1v) is 8.04. The van der Waals surface area contributed by atoms with E-state index in [9.17, 15) is 9.18 Å². The maximum absolute atomic E-state index is 13.7. The van der Waals surface area contributed by atoms with Gasteiger partial charge in [-0.05, 0) is 56.2 Å². The number of aliphatic hydroxyl groups excluding tert-OH is 1. The van der Waals surface area contributed by atoms with Crippen LogP contribution in [0.15, 0.2) is 18.2 Å². The van der Waals surface area contributed by atoms with Gasteiger partial charge in [0.25, 0.3) is 0 Å². The van der Waals surface area contributed by atoms with Crippen LogP contribution < -0.4 is 15.4 Å². The Morgan fingerprint density at radius 1 is 1.39 bits per heavy atom. The molecule has 1 saturated carbocycles. The molecule has 1 fully saturated rings. The number of halogens is 1. The van der Waals surface area contributed by atoms with E-state index in [0.717, 1.165) is 25.7 Å². The van der Waals surface area contributed by atoms with Gasteiger partial charge < -0.3 is 20.5 Å². The van der Waals surface area contributed by atoms with Crippen LogP contribution >= 0.6 is 0 Å². The number of aliphatic hydroxyl groups is 1. The molecule has 1 aromatic carbocycles. The molecule has 0 spiro atoms. The summed E-state index contributed by atoms with van der Waals surface area (Å²) in [6.07, 6.45) is 3.62. The molecule has 0 radical (unpaired) electrons. The highest BCUT2D eigenvalue weighted by atomic mass is 19.1. The zero-order valence-electron chi connectivity index (χ0n) is 13.6. The van der Waals surface area contributed by atoms with Gasteiger partial charge in [0.2, 0.25) is 0 Å². The number of nitrogens with one attached hydrogen (secondary N) is 2. The van der Waals surface area contributed by atoms with Crippen LogP contribution in [0.3, 0.4) is 0 Å². The molecule has 1 atom stereocenters. The molecule has 0 aliphatic heterocycles. The van der Waals surface area contributed by atoms with Crippen molar-refractivity contribution in [3.05, 3.63) is 29.6 Å². The molecular weight excluding hydrogens is 299 g/mol. The third-order valence-electron chi connectivity index (χ3n) is 4.46. The summed E-state index contributed by atoms with van der Waals surface area (Å²) < 4.78 is 18.6. The second-order valence-electron chi connectivity index (χ2n) is 6.13. The zero-order chi connectivity index (χ0) is 16.8. The van der Waals surface area contributed by atoms with Gasteiger partial charge in [-0.3, -0.25) is 0 Å². The van der Waals surface area contributed by atoms with Crippen molar-refractivity contribution in [2.45, 2.75) is 44.7 Å². The molecule has 0 bridgehead atoms. The Labute approximate surface area is 136 Å². The van der Waals surface area contributed by atoms with Gasteiger partial charge in [-0.15, -0.1) is 0 Å². The second kappa shape index (κ2) is 8.15. The number of methoxy groups -OCH3 is 1. The van der Waals surface area contributed by atoms with Crippen LogP contribution in [0.25, 0.3) is 0 Å². The quantitative estimate of drug-likeness (QED) is 0.780. The normalized spacial score (nSPS) is 22.3. The van der Waals surface area contributed by atoms with Gasteiger partial charge in [-0.2, -0.15) is 0 Å². The number of benzene rings is 1. The Balaban J connectivity index is 1.84. The van der Waals surface area contributed by atoms with Gasteiger partial charge in [-0.1, -0.05) is 6.07 Å². The number of hydrogen-bond acceptors (Lipinski definition) is 3. The monoisotopic (exact) mass is 324 g/mol. The molecule has 5 nitrogen and oxygen atoms in total. The van der Waals surface area contributed by atoms with Gasteiger partial charge in [0.05, 0.1) is 13.2 Å². The molecule has 0 heterocycles. The Hall–Kier alpha value is -1.82. The van der Waals surface area contributed by atoms with Crippen molar-refractivity contribution in [3.8, 4) is 5.75 Å². The maximum Gasteiger partial charge on any atom is 0.315 e. The van der Waals surface area contributed by atoms with Crippen molar-refractivity contribution in [3.63, 3.8) is 0 Å². The minimum Gasteiger partial charge on any atom is -0.494 e. The number of amides is 2. The highest BCUT2D eigenvalue weighted by molar-refractivity contribution is 5.74. The summed E-state index contributed by atoms with van der Waals surface area (Å²) in [7, 11) is 1.42. The Bertz CT molecular complexity index is 531. The summed E-state index contributed by atoms with van der Waals surface area (Å²) in [5.74, 6) is 0.102. The fourth-order valence-electron chi connectivity index (χ4n) is 2.95. The van der Waals surface area contributed by atoms with E-state index in [1.165, 1.54) is 13.2 Å². The molecule has 6 heteroatoms. The number of carbonyl (C=O) groups excluding carboxylic acids is 1. The van der Waals surface area contributed by atoms with E-state index >= 15 is 0 Å². The highest BCUT2D eigenvalue weighted by Gasteiger charge is 2.22. The topological polar surface area (TPSA) is 70.6 Å². The van der Waals surface area contributed by atoms with E-state index in [2.05, 4.69) is 10.6 Å². The summed E-state index contributed by atoms with van der Waals surface area (Å²) in [5, 5.41) is 14.9. The first-order valence-electron chi connectivity index (χ1n) is 8.04. The van der Waals surface area contributed by atoms with Crippen molar-refractivity contribution in [1.29, 1.82) is 0 Å². The molecule has 0 aromatic heterocycles. The van der Waals surface area contributed by atoms with Crippen LogP contribution in [0, 0.1) is 11.7 Å². The molecule has 1 aliphatic rings. The summed E-state index contributed by atoms with van der Waals surface area (Å²) >= 11 is 0. The van der Waals surface area contributed by atoms with Gasteiger partial charge >= 0.3 is 6.03 Å². The lowest BCUT2D eigenvalue weighted by Gasteiger charge is -2.28. The van der Waals surface area contributed by atoms with Crippen LogP contribution in [-0.4, -0.2) is 30.9 Å². The van der Waals surface area contributed by atoms with Crippen LogP contribution in [0.5, 0.6) is 5.75 Å². The van der Waals surface area contributed by atoms with Gasteiger partial charge in [0.1, 0.15) is 0 Å². The van der Waals surface area contributed by atoms with Crippen LogP contribution in [0.2, 0.25) is 0 Å². The van der Waals surface area contributed by atoms with E-state index in [1.807, 2.05) is 6.92 Å². The molecule has 3 N–H and O–H groups in total. The van der Waals surface area contributed by atoms with Crippen LogP contribution in [0.1, 0.15) is 44.2 Å². The summed E-state index contributed by atoms with van der Waals surface area (Å²) in [5.41, 5.74) is 0.683. The molecule has 23 heavy (non-hydrogen) atoms. The smallest absolute Gasteiger partial charge is 0.315 e.